The van der Waals surface area contributed by atoms with E-state index < -0.39 is 17.9 Å². The van der Waals surface area contributed by atoms with Crippen molar-refractivity contribution in [2.45, 2.75) is 12.5 Å². The molecule has 6 nitrogen and oxygen atoms in total. The first-order valence-corrected chi connectivity index (χ1v) is 8.77. The topological polar surface area (TPSA) is 65.1 Å². The number of hydrogen-bond donors (Lipinski definition) is 0. The molecule has 0 saturated heterocycles. The van der Waals surface area contributed by atoms with Crippen LogP contribution in [0.3, 0.4) is 0 Å². The lowest BCUT2D eigenvalue weighted by Gasteiger charge is -2.37. The van der Waals surface area contributed by atoms with Crippen LogP contribution in [0.25, 0.3) is 0 Å². The summed E-state index contributed by atoms with van der Waals surface area (Å²) in [5.41, 5.74) is 2.68. The number of nitrogens with zero attached hydrogens (tertiary/aromatic N) is 1. The molecule has 0 N–H and O–H groups in total. The molecule has 142 valence electrons. The maximum Gasteiger partial charge on any atom is 0.396 e. The van der Waals surface area contributed by atoms with E-state index in [-0.39, 0.29) is 0 Å². The highest BCUT2D eigenvalue weighted by Gasteiger charge is 2.36. The number of ether oxygens (including phenoxy) is 3. The van der Waals surface area contributed by atoms with Crippen molar-refractivity contribution in [3.05, 3.63) is 58.1 Å². The van der Waals surface area contributed by atoms with Crippen LogP contribution in [0.15, 0.2) is 36.4 Å². The standard InChI is InChI=1S/C20H20ClNO5/c1-25-16-10-12-7-8-22(19(23)20(24)27-3)18(15(12)11-17(16)26-2)13-5-4-6-14(21)9-13/h4-6,9-11,18H,7-8H2,1-3H3/t18-/m0/s1. The number of fused-ring (bicyclic) bond motifs is 1. The van der Waals surface area contributed by atoms with Gasteiger partial charge in [-0.25, -0.2) is 4.79 Å². The molecule has 1 aliphatic heterocycles. The predicted octanol–water partition coefficient (Wildman–Crippen LogP) is 3.00. The molecule has 0 bridgehead atoms. The second kappa shape index (κ2) is 7.88. The number of halogens is 1. The van der Waals surface area contributed by atoms with E-state index in [0.29, 0.717) is 29.5 Å². The summed E-state index contributed by atoms with van der Waals surface area (Å²) in [6.45, 7) is 0.369. The third-order valence-electron chi connectivity index (χ3n) is 4.66. The van der Waals surface area contributed by atoms with Gasteiger partial charge in [-0.3, -0.25) is 4.79 Å². The molecule has 0 unspecified atom stereocenters. The number of rotatable bonds is 3. The van der Waals surface area contributed by atoms with Gasteiger partial charge in [-0.15, -0.1) is 0 Å². The average Bonchev–Trinajstić information content (AvgIpc) is 2.70. The lowest BCUT2D eigenvalue weighted by molar-refractivity contribution is -0.159. The van der Waals surface area contributed by atoms with Gasteiger partial charge in [-0.05, 0) is 47.4 Å². The number of amides is 1. The highest BCUT2D eigenvalue weighted by Crippen LogP contribution is 2.41. The Balaban J connectivity index is 2.17. The van der Waals surface area contributed by atoms with Gasteiger partial charge >= 0.3 is 11.9 Å². The molecule has 0 radical (unpaired) electrons. The van der Waals surface area contributed by atoms with Crippen LogP contribution in [0, 0.1) is 0 Å². The summed E-state index contributed by atoms with van der Waals surface area (Å²) in [6.07, 6.45) is 0.579. The molecule has 1 amide bonds. The largest absolute Gasteiger partial charge is 0.493 e. The van der Waals surface area contributed by atoms with Crippen LogP contribution in [-0.2, 0) is 20.7 Å². The van der Waals surface area contributed by atoms with Gasteiger partial charge in [0.2, 0.25) is 0 Å². The van der Waals surface area contributed by atoms with Crippen LogP contribution in [0.4, 0.5) is 0 Å². The maximum atomic E-state index is 12.6. The minimum absolute atomic E-state index is 0.369. The van der Waals surface area contributed by atoms with Crippen molar-refractivity contribution in [1.29, 1.82) is 0 Å². The lowest BCUT2D eigenvalue weighted by Crippen LogP contribution is -2.44. The molecule has 1 heterocycles. The number of hydrogen-bond acceptors (Lipinski definition) is 5. The zero-order valence-electron chi connectivity index (χ0n) is 15.3. The minimum atomic E-state index is -0.897. The van der Waals surface area contributed by atoms with Crippen molar-refractivity contribution >= 4 is 23.5 Å². The molecular weight excluding hydrogens is 370 g/mol. The average molecular weight is 390 g/mol. The van der Waals surface area contributed by atoms with E-state index in [1.54, 1.807) is 26.4 Å². The Labute approximate surface area is 162 Å². The Bertz CT molecular complexity index is 883. The Morgan fingerprint density at radius 2 is 1.78 bits per heavy atom. The molecule has 1 atom stereocenters. The number of carbonyl (C=O) groups excluding carboxylic acids is 2. The van der Waals surface area contributed by atoms with Gasteiger partial charge in [-0.2, -0.15) is 0 Å². The number of carbonyl (C=O) groups is 2. The Hall–Kier alpha value is -2.73. The van der Waals surface area contributed by atoms with Crippen molar-refractivity contribution in [3.63, 3.8) is 0 Å². The van der Waals surface area contributed by atoms with Crippen molar-refractivity contribution in [2.24, 2.45) is 0 Å². The highest BCUT2D eigenvalue weighted by atomic mass is 35.5. The smallest absolute Gasteiger partial charge is 0.396 e. The monoisotopic (exact) mass is 389 g/mol. The van der Waals surface area contributed by atoms with Gasteiger partial charge in [-0.1, -0.05) is 23.7 Å². The molecule has 0 aliphatic carbocycles. The summed E-state index contributed by atoms with van der Waals surface area (Å²) in [7, 11) is 4.33. The minimum Gasteiger partial charge on any atom is -0.493 e. The summed E-state index contributed by atoms with van der Waals surface area (Å²) < 4.78 is 15.5. The van der Waals surface area contributed by atoms with E-state index in [9.17, 15) is 9.59 Å². The summed E-state index contributed by atoms with van der Waals surface area (Å²) in [4.78, 5) is 26.1. The van der Waals surface area contributed by atoms with Crippen LogP contribution >= 0.6 is 11.6 Å². The SMILES string of the molecule is COC(=O)C(=O)N1CCc2cc(OC)c(OC)cc2[C@@H]1c1cccc(Cl)c1. The fourth-order valence-corrected chi connectivity index (χ4v) is 3.60. The first kappa shape index (κ1) is 19.0. The molecular formula is C20H20ClNO5. The maximum absolute atomic E-state index is 12.6. The van der Waals surface area contributed by atoms with Crippen LogP contribution < -0.4 is 9.47 Å². The molecule has 0 saturated carbocycles. The van der Waals surface area contributed by atoms with Crippen LogP contribution in [0.2, 0.25) is 5.02 Å². The van der Waals surface area contributed by atoms with Gasteiger partial charge in [0.1, 0.15) is 0 Å². The van der Waals surface area contributed by atoms with Crippen molar-refractivity contribution in [2.75, 3.05) is 27.9 Å². The van der Waals surface area contributed by atoms with Crippen LogP contribution in [0.5, 0.6) is 11.5 Å². The summed E-state index contributed by atoms with van der Waals surface area (Å²) in [5, 5.41) is 0.547. The third kappa shape index (κ3) is 3.57. The summed E-state index contributed by atoms with van der Waals surface area (Å²) in [5.74, 6) is -0.418. The summed E-state index contributed by atoms with van der Waals surface area (Å²) >= 11 is 6.17. The molecule has 0 fully saturated rings. The fourth-order valence-electron chi connectivity index (χ4n) is 3.41. The molecule has 2 aromatic carbocycles. The predicted molar refractivity (Wildman–Crippen MR) is 100 cm³/mol. The number of esters is 1. The molecule has 0 spiro atoms. The van der Waals surface area contributed by atoms with Gasteiger partial charge in [0.25, 0.3) is 0 Å². The molecule has 1 aliphatic rings. The zero-order chi connectivity index (χ0) is 19.6. The van der Waals surface area contributed by atoms with Crippen molar-refractivity contribution in [3.8, 4) is 11.5 Å². The number of benzene rings is 2. The van der Waals surface area contributed by atoms with E-state index in [2.05, 4.69) is 4.74 Å². The Morgan fingerprint density at radius 3 is 2.41 bits per heavy atom. The van der Waals surface area contributed by atoms with Crippen molar-refractivity contribution in [1.82, 2.24) is 4.90 Å². The van der Waals surface area contributed by atoms with Gasteiger partial charge in [0.05, 0.1) is 27.4 Å². The molecule has 0 aromatic heterocycles. The normalized spacial score (nSPS) is 15.7. The van der Waals surface area contributed by atoms with Gasteiger partial charge < -0.3 is 19.1 Å². The second-order valence-electron chi connectivity index (χ2n) is 6.10. The van der Waals surface area contributed by atoms with Crippen LogP contribution in [-0.4, -0.2) is 44.7 Å². The number of methoxy groups -OCH3 is 3. The van der Waals surface area contributed by atoms with Gasteiger partial charge in [0, 0.05) is 11.6 Å². The summed E-state index contributed by atoms with van der Waals surface area (Å²) in [6, 6.07) is 10.5. The van der Waals surface area contributed by atoms with E-state index in [4.69, 9.17) is 21.1 Å². The highest BCUT2D eigenvalue weighted by molar-refractivity contribution is 6.32. The van der Waals surface area contributed by atoms with Gasteiger partial charge in [0.15, 0.2) is 11.5 Å². The molecule has 2 aromatic rings. The first-order chi connectivity index (χ1) is 13.0. The van der Waals surface area contributed by atoms with E-state index in [1.807, 2.05) is 24.3 Å². The molecule has 3 rings (SSSR count). The fraction of sp³-hybridized carbons (Fsp3) is 0.300. The quantitative estimate of drug-likeness (QED) is 0.596. The van der Waals surface area contributed by atoms with Crippen molar-refractivity contribution < 1.29 is 23.8 Å². The first-order valence-electron chi connectivity index (χ1n) is 8.39. The molecule has 7 heteroatoms. The van der Waals surface area contributed by atoms with E-state index in [1.165, 1.54) is 12.0 Å². The van der Waals surface area contributed by atoms with E-state index >= 15 is 0 Å². The third-order valence-corrected chi connectivity index (χ3v) is 4.89. The van der Waals surface area contributed by atoms with Crippen LogP contribution in [0.1, 0.15) is 22.7 Å². The lowest BCUT2D eigenvalue weighted by atomic mass is 9.87. The second-order valence-corrected chi connectivity index (χ2v) is 6.54. The molecule has 27 heavy (non-hydrogen) atoms. The Morgan fingerprint density at radius 1 is 1.07 bits per heavy atom. The zero-order valence-corrected chi connectivity index (χ0v) is 16.1. The Kier molecular flexibility index (Phi) is 5.56. The van der Waals surface area contributed by atoms with E-state index in [0.717, 1.165) is 16.7 Å².